The van der Waals surface area contributed by atoms with E-state index in [1.807, 2.05) is 18.2 Å². The molecule has 0 radical (unpaired) electrons. The Bertz CT molecular complexity index is 763. The summed E-state index contributed by atoms with van der Waals surface area (Å²) in [7, 11) is 0. The standard InChI is InChI=1S/C20H24N4O2/c1-14-11-16(8-10-21-14)20(26)24-17-7-4-5-15(12-17)19(25)23-13-18-6-2-3-9-22-18/h2-7,9,12,14,16,21H,8,10-11,13H2,1H3,(H,23,25)(H,24,26)/t14-,16-/m0/s1. The summed E-state index contributed by atoms with van der Waals surface area (Å²) in [5, 5.41) is 9.13. The molecule has 0 unspecified atom stereocenters. The van der Waals surface area contributed by atoms with E-state index in [9.17, 15) is 9.59 Å². The van der Waals surface area contributed by atoms with Gasteiger partial charge in [0.25, 0.3) is 5.91 Å². The number of piperidine rings is 1. The highest BCUT2D eigenvalue weighted by Crippen LogP contribution is 2.19. The van der Waals surface area contributed by atoms with Crippen LogP contribution in [0.4, 0.5) is 5.69 Å². The summed E-state index contributed by atoms with van der Waals surface area (Å²) in [5.41, 5.74) is 1.95. The van der Waals surface area contributed by atoms with Crippen LogP contribution >= 0.6 is 0 Å². The summed E-state index contributed by atoms with van der Waals surface area (Å²) in [6, 6.07) is 12.9. The fraction of sp³-hybridized carbons (Fsp3) is 0.350. The highest BCUT2D eigenvalue weighted by atomic mass is 16.2. The lowest BCUT2D eigenvalue weighted by Crippen LogP contribution is -2.40. The van der Waals surface area contributed by atoms with Crippen LogP contribution < -0.4 is 16.0 Å². The molecule has 1 saturated heterocycles. The van der Waals surface area contributed by atoms with Crippen molar-refractivity contribution in [1.29, 1.82) is 0 Å². The van der Waals surface area contributed by atoms with E-state index in [0.717, 1.165) is 25.1 Å². The van der Waals surface area contributed by atoms with E-state index in [0.29, 0.717) is 23.8 Å². The molecule has 1 aromatic carbocycles. The monoisotopic (exact) mass is 352 g/mol. The van der Waals surface area contributed by atoms with Crippen molar-refractivity contribution in [2.45, 2.75) is 32.4 Å². The second-order valence-corrected chi connectivity index (χ2v) is 6.65. The quantitative estimate of drug-likeness (QED) is 0.771. The van der Waals surface area contributed by atoms with Crippen molar-refractivity contribution in [2.24, 2.45) is 5.92 Å². The Morgan fingerprint density at radius 1 is 1.23 bits per heavy atom. The third-order valence-electron chi connectivity index (χ3n) is 4.54. The Morgan fingerprint density at radius 3 is 2.88 bits per heavy atom. The van der Waals surface area contributed by atoms with E-state index in [4.69, 9.17) is 0 Å². The molecule has 1 aliphatic heterocycles. The van der Waals surface area contributed by atoms with E-state index < -0.39 is 0 Å². The summed E-state index contributed by atoms with van der Waals surface area (Å²) in [4.78, 5) is 29.0. The highest BCUT2D eigenvalue weighted by molar-refractivity contribution is 5.97. The number of rotatable bonds is 5. The van der Waals surface area contributed by atoms with Gasteiger partial charge in [-0.3, -0.25) is 14.6 Å². The van der Waals surface area contributed by atoms with Crippen LogP contribution in [0.15, 0.2) is 48.7 Å². The summed E-state index contributed by atoms with van der Waals surface area (Å²) in [6.45, 7) is 3.31. The summed E-state index contributed by atoms with van der Waals surface area (Å²) >= 11 is 0. The lowest BCUT2D eigenvalue weighted by molar-refractivity contribution is -0.120. The van der Waals surface area contributed by atoms with Crippen molar-refractivity contribution in [3.63, 3.8) is 0 Å². The summed E-state index contributed by atoms with van der Waals surface area (Å²) < 4.78 is 0. The van der Waals surface area contributed by atoms with Crippen LogP contribution in [0.2, 0.25) is 0 Å². The Hall–Kier alpha value is -2.73. The van der Waals surface area contributed by atoms with Crippen LogP contribution in [0.25, 0.3) is 0 Å². The third kappa shape index (κ3) is 4.89. The number of amides is 2. The molecule has 6 nitrogen and oxygen atoms in total. The maximum atomic E-state index is 12.5. The number of aromatic nitrogens is 1. The number of nitrogens with zero attached hydrogens (tertiary/aromatic N) is 1. The highest BCUT2D eigenvalue weighted by Gasteiger charge is 2.24. The largest absolute Gasteiger partial charge is 0.346 e. The Kier molecular flexibility index (Phi) is 5.96. The van der Waals surface area contributed by atoms with Crippen molar-refractivity contribution < 1.29 is 9.59 Å². The first-order valence-electron chi connectivity index (χ1n) is 8.94. The zero-order valence-electron chi connectivity index (χ0n) is 14.9. The smallest absolute Gasteiger partial charge is 0.251 e. The van der Waals surface area contributed by atoms with Crippen molar-refractivity contribution in [1.82, 2.24) is 15.6 Å². The first-order valence-corrected chi connectivity index (χ1v) is 8.94. The minimum atomic E-state index is -0.192. The fourth-order valence-corrected chi connectivity index (χ4v) is 3.13. The number of anilines is 1. The molecule has 1 aliphatic rings. The van der Waals surface area contributed by atoms with E-state index >= 15 is 0 Å². The van der Waals surface area contributed by atoms with Crippen LogP contribution in [-0.2, 0) is 11.3 Å². The topological polar surface area (TPSA) is 83.1 Å². The normalized spacial score (nSPS) is 19.6. The Labute approximate surface area is 153 Å². The molecule has 2 heterocycles. The van der Waals surface area contributed by atoms with Gasteiger partial charge in [0.1, 0.15) is 0 Å². The summed E-state index contributed by atoms with van der Waals surface area (Å²) in [5.74, 6) is -0.167. The van der Waals surface area contributed by atoms with Gasteiger partial charge in [-0.1, -0.05) is 12.1 Å². The van der Waals surface area contributed by atoms with Crippen LogP contribution in [0.3, 0.4) is 0 Å². The average Bonchev–Trinajstić information content (AvgIpc) is 2.67. The lowest BCUT2D eigenvalue weighted by atomic mass is 9.92. The minimum Gasteiger partial charge on any atom is -0.346 e. The molecular weight excluding hydrogens is 328 g/mol. The lowest BCUT2D eigenvalue weighted by Gasteiger charge is -2.27. The van der Waals surface area contributed by atoms with Crippen molar-refractivity contribution in [2.75, 3.05) is 11.9 Å². The number of benzene rings is 1. The van der Waals surface area contributed by atoms with E-state index in [-0.39, 0.29) is 17.7 Å². The maximum absolute atomic E-state index is 12.5. The van der Waals surface area contributed by atoms with E-state index in [1.54, 1.807) is 30.5 Å². The molecule has 136 valence electrons. The third-order valence-corrected chi connectivity index (χ3v) is 4.54. The van der Waals surface area contributed by atoms with Gasteiger partial charge in [-0.15, -0.1) is 0 Å². The number of nitrogens with one attached hydrogen (secondary N) is 3. The number of hydrogen-bond donors (Lipinski definition) is 3. The molecule has 3 N–H and O–H groups in total. The zero-order chi connectivity index (χ0) is 18.4. The number of carbonyl (C=O) groups excluding carboxylic acids is 2. The van der Waals surface area contributed by atoms with Gasteiger partial charge < -0.3 is 16.0 Å². The van der Waals surface area contributed by atoms with Gasteiger partial charge in [-0.2, -0.15) is 0 Å². The van der Waals surface area contributed by atoms with E-state index in [1.165, 1.54) is 0 Å². The van der Waals surface area contributed by atoms with Crippen molar-refractivity contribution >= 4 is 17.5 Å². The molecule has 1 aromatic heterocycles. The van der Waals surface area contributed by atoms with Gasteiger partial charge in [-0.25, -0.2) is 0 Å². The molecule has 6 heteroatoms. The SMILES string of the molecule is C[C@H]1C[C@@H](C(=O)Nc2cccc(C(=O)NCc3ccccn3)c2)CCN1. The molecule has 2 amide bonds. The Balaban J connectivity index is 1.58. The molecule has 0 spiro atoms. The zero-order valence-corrected chi connectivity index (χ0v) is 14.9. The number of carbonyl (C=O) groups is 2. The van der Waals surface area contributed by atoms with Crippen LogP contribution in [0, 0.1) is 5.92 Å². The van der Waals surface area contributed by atoms with Gasteiger partial charge in [0.2, 0.25) is 5.91 Å². The minimum absolute atomic E-state index is 0.00730. The molecule has 0 saturated carbocycles. The molecule has 3 rings (SSSR count). The second-order valence-electron chi connectivity index (χ2n) is 6.65. The molecule has 26 heavy (non-hydrogen) atoms. The molecule has 2 atom stereocenters. The number of pyridine rings is 1. The Morgan fingerprint density at radius 2 is 2.12 bits per heavy atom. The average molecular weight is 352 g/mol. The van der Waals surface area contributed by atoms with Crippen LogP contribution in [0.5, 0.6) is 0 Å². The summed E-state index contributed by atoms with van der Waals surface area (Å²) in [6.07, 6.45) is 3.36. The molecule has 1 fully saturated rings. The van der Waals surface area contributed by atoms with E-state index in [2.05, 4.69) is 27.9 Å². The predicted octanol–water partition coefficient (Wildman–Crippen LogP) is 2.34. The van der Waals surface area contributed by atoms with Crippen molar-refractivity contribution in [3.05, 3.63) is 59.9 Å². The first kappa shape index (κ1) is 18.1. The van der Waals surface area contributed by atoms with Gasteiger partial charge in [-0.05, 0) is 56.6 Å². The van der Waals surface area contributed by atoms with Gasteiger partial charge >= 0.3 is 0 Å². The maximum Gasteiger partial charge on any atom is 0.251 e. The van der Waals surface area contributed by atoms with Crippen LogP contribution in [-0.4, -0.2) is 29.4 Å². The second kappa shape index (κ2) is 8.58. The molecular formula is C20H24N4O2. The fourth-order valence-electron chi connectivity index (χ4n) is 3.13. The first-order chi connectivity index (χ1) is 12.6. The number of hydrogen-bond acceptors (Lipinski definition) is 4. The molecule has 0 bridgehead atoms. The van der Waals surface area contributed by atoms with Crippen molar-refractivity contribution in [3.8, 4) is 0 Å². The molecule has 2 aromatic rings. The molecule has 0 aliphatic carbocycles. The predicted molar refractivity (Wildman–Crippen MR) is 101 cm³/mol. The van der Waals surface area contributed by atoms with Gasteiger partial charge in [0.15, 0.2) is 0 Å². The van der Waals surface area contributed by atoms with Gasteiger partial charge in [0, 0.05) is 29.4 Å². The van der Waals surface area contributed by atoms with Crippen LogP contribution in [0.1, 0.15) is 35.8 Å². The van der Waals surface area contributed by atoms with Gasteiger partial charge in [0.05, 0.1) is 12.2 Å².